The Bertz CT molecular complexity index is 797. The van der Waals surface area contributed by atoms with E-state index in [0.717, 1.165) is 18.5 Å². The molecule has 7 heteroatoms. The van der Waals surface area contributed by atoms with Crippen LogP contribution in [-0.2, 0) is 12.1 Å². The highest BCUT2D eigenvalue weighted by Crippen LogP contribution is 2.31. The molecule has 1 saturated heterocycles. The minimum absolute atomic E-state index is 0.0456. The molecular weight excluding hydrogens is 321 g/mol. The molecule has 1 aromatic heterocycles. The van der Waals surface area contributed by atoms with Crippen LogP contribution < -0.4 is 0 Å². The van der Waals surface area contributed by atoms with Crippen molar-refractivity contribution < 1.29 is 9.50 Å². The van der Waals surface area contributed by atoms with Crippen molar-refractivity contribution >= 4 is 0 Å². The quantitative estimate of drug-likeness (QED) is 0.922. The molecule has 1 aliphatic rings. The fourth-order valence-electron chi connectivity index (χ4n) is 3.22. The van der Waals surface area contributed by atoms with Gasteiger partial charge in [0.05, 0.1) is 11.8 Å². The highest BCUT2D eigenvalue weighted by Gasteiger charge is 2.37. The summed E-state index contributed by atoms with van der Waals surface area (Å²) in [4.78, 5) is 2.08. The van der Waals surface area contributed by atoms with Gasteiger partial charge in [-0.3, -0.25) is 4.90 Å². The number of nitrogens with zero attached hydrogens (tertiary/aromatic N) is 5. The molecule has 2 aromatic rings. The molecule has 3 rings (SSSR count). The molecule has 0 radical (unpaired) electrons. The van der Waals surface area contributed by atoms with Crippen molar-refractivity contribution in [2.24, 2.45) is 0 Å². The van der Waals surface area contributed by atoms with Crippen LogP contribution in [-0.4, -0.2) is 38.1 Å². The Kier molecular flexibility index (Phi) is 4.84. The van der Waals surface area contributed by atoms with Crippen LogP contribution in [0.2, 0.25) is 0 Å². The third-order valence-corrected chi connectivity index (χ3v) is 4.63. The Morgan fingerprint density at radius 3 is 2.88 bits per heavy atom. The van der Waals surface area contributed by atoms with Crippen molar-refractivity contribution in [3.63, 3.8) is 0 Å². The second-order valence-electron chi connectivity index (χ2n) is 6.95. The van der Waals surface area contributed by atoms with Crippen LogP contribution in [0.1, 0.15) is 49.6 Å². The largest absolute Gasteiger partial charge is 0.382 e. The van der Waals surface area contributed by atoms with Gasteiger partial charge in [0.2, 0.25) is 0 Å². The third kappa shape index (κ3) is 3.70. The number of aliphatic hydroxyl groups is 1. The minimum atomic E-state index is -1.05. The molecule has 1 N–H and O–H groups in total. The Morgan fingerprint density at radius 2 is 2.24 bits per heavy atom. The molecule has 1 fully saturated rings. The van der Waals surface area contributed by atoms with Crippen molar-refractivity contribution in [1.29, 1.82) is 5.26 Å². The van der Waals surface area contributed by atoms with E-state index in [1.54, 1.807) is 16.9 Å². The Morgan fingerprint density at radius 1 is 1.44 bits per heavy atom. The number of nitriles is 1. The van der Waals surface area contributed by atoms with Gasteiger partial charge in [-0.2, -0.15) is 5.26 Å². The number of halogens is 1. The molecule has 0 bridgehead atoms. The molecule has 25 heavy (non-hydrogen) atoms. The zero-order valence-corrected chi connectivity index (χ0v) is 14.5. The predicted molar refractivity (Wildman–Crippen MR) is 89.9 cm³/mol. The number of β-amino-alcohol motifs (C(OH)–C–C–N with tert-alkyl or cyclic N) is 1. The minimum Gasteiger partial charge on any atom is -0.382 e. The Hall–Kier alpha value is -2.30. The monoisotopic (exact) mass is 343 g/mol. The van der Waals surface area contributed by atoms with Gasteiger partial charge >= 0.3 is 0 Å². The molecule has 0 aliphatic carbocycles. The number of hydrogen-bond donors (Lipinski definition) is 1. The summed E-state index contributed by atoms with van der Waals surface area (Å²) in [5.41, 5.74) is 0.365. The first kappa shape index (κ1) is 17.5. The second kappa shape index (κ2) is 6.90. The first-order chi connectivity index (χ1) is 11.9. The molecule has 2 heterocycles. The maximum atomic E-state index is 13.8. The van der Waals surface area contributed by atoms with Gasteiger partial charge in [0.25, 0.3) is 0 Å². The van der Waals surface area contributed by atoms with E-state index >= 15 is 0 Å². The Balaban J connectivity index is 1.74. The van der Waals surface area contributed by atoms with E-state index in [9.17, 15) is 9.50 Å². The lowest BCUT2D eigenvalue weighted by atomic mass is 9.89. The summed E-state index contributed by atoms with van der Waals surface area (Å²) in [5.74, 6) is -0.507. The summed E-state index contributed by atoms with van der Waals surface area (Å²) in [5, 5.41) is 28.1. The summed E-state index contributed by atoms with van der Waals surface area (Å²) in [6.45, 7) is 5.78. The molecule has 1 aromatic carbocycles. The van der Waals surface area contributed by atoms with Crippen molar-refractivity contribution in [1.82, 2.24) is 19.9 Å². The topological polar surface area (TPSA) is 78.0 Å². The van der Waals surface area contributed by atoms with Crippen LogP contribution in [0.3, 0.4) is 0 Å². The van der Waals surface area contributed by atoms with Crippen LogP contribution in [0, 0.1) is 17.1 Å². The van der Waals surface area contributed by atoms with Gasteiger partial charge in [0.15, 0.2) is 0 Å². The predicted octanol–water partition coefficient (Wildman–Crippen LogP) is 2.35. The van der Waals surface area contributed by atoms with E-state index in [2.05, 4.69) is 15.2 Å². The number of piperidine rings is 1. The van der Waals surface area contributed by atoms with Crippen LogP contribution >= 0.6 is 0 Å². The summed E-state index contributed by atoms with van der Waals surface area (Å²) in [7, 11) is 0. The first-order valence-corrected chi connectivity index (χ1v) is 8.47. The van der Waals surface area contributed by atoms with Gasteiger partial charge in [0, 0.05) is 19.1 Å². The van der Waals surface area contributed by atoms with E-state index in [-0.39, 0.29) is 11.6 Å². The van der Waals surface area contributed by atoms with Crippen molar-refractivity contribution in [2.75, 3.05) is 13.1 Å². The van der Waals surface area contributed by atoms with Crippen molar-refractivity contribution in [3.05, 3.63) is 47.0 Å². The lowest BCUT2D eigenvalue weighted by Crippen LogP contribution is -2.45. The molecule has 0 unspecified atom stereocenters. The zero-order chi connectivity index (χ0) is 18.0. The summed E-state index contributed by atoms with van der Waals surface area (Å²) in [6, 6.07) is 6.65. The second-order valence-corrected chi connectivity index (χ2v) is 6.95. The fourth-order valence-corrected chi connectivity index (χ4v) is 3.22. The first-order valence-electron chi connectivity index (χ1n) is 8.47. The van der Waals surface area contributed by atoms with Gasteiger partial charge < -0.3 is 5.11 Å². The molecule has 0 saturated carbocycles. The lowest BCUT2D eigenvalue weighted by molar-refractivity contribution is -0.0414. The van der Waals surface area contributed by atoms with Crippen molar-refractivity contribution in [3.8, 4) is 6.07 Å². The van der Waals surface area contributed by atoms with E-state index in [0.29, 0.717) is 25.2 Å². The molecule has 6 nitrogen and oxygen atoms in total. The van der Waals surface area contributed by atoms with E-state index in [4.69, 9.17) is 5.26 Å². The standard InChI is InChI=1S/C18H22FN5O/c1-13(2)24-11-17(21-22-24)18(25)6-3-7-23(12-18)10-14-4-5-15(9-20)16(19)8-14/h4-5,8,11,13,25H,3,6-7,10,12H2,1-2H3/t18-/m0/s1. The van der Waals surface area contributed by atoms with Gasteiger partial charge in [-0.1, -0.05) is 11.3 Å². The van der Waals surface area contributed by atoms with E-state index in [1.807, 2.05) is 19.9 Å². The third-order valence-electron chi connectivity index (χ3n) is 4.63. The fraction of sp³-hybridized carbons (Fsp3) is 0.500. The average Bonchev–Trinajstić information content (AvgIpc) is 3.06. The number of rotatable bonds is 4. The highest BCUT2D eigenvalue weighted by molar-refractivity contribution is 5.33. The summed E-state index contributed by atoms with van der Waals surface area (Å²) in [6.07, 6.45) is 3.25. The maximum Gasteiger partial charge on any atom is 0.141 e. The van der Waals surface area contributed by atoms with Crippen LogP contribution in [0.5, 0.6) is 0 Å². The average molecular weight is 343 g/mol. The molecular formula is C18H22FN5O. The van der Waals surface area contributed by atoms with E-state index in [1.165, 1.54) is 12.1 Å². The number of aromatic nitrogens is 3. The van der Waals surface area contributed by atoms with Crippen LogP contribution in [0.25, 0.3) is 0 Å². The van der Waals surface area contributed by atoms with E-state index < -0.39 is 11.4 Å². The van der Waals surface area contributed by atoms with Crippen molar-refractivity contribution in [2.45, 2.75) is 44.9 Å². The molecule has 1 atom stereocenters. The Labute approximate surface area is 146 Å². The lowest BCUT2D eigenvalue weighted by Gasteiger charge is -2.38. The zero-order valence-electron chi connectivity index (χ0n) is 14.5. The normalized spacial score (nSPS) is 21.4. The molecule has 1 aliphatic heterocycles. The SMILES string of the molecule is CC(C)n1cc([C@]2(O)CCCN(Cc3ccc(C#N)c(F)c3)C2)nn1. The number of benzene rings is 1. The molecule has 0 spiro atoms. The summed E-state index contributed by atoms with van der Waals surface area (Å²) < 4.78 is 15.5. The number of hydrogen-bond acceptors (Lipinski definition) is 5. The van der Waals surface area contributed by atoms with Gasteiger partial charge in [0.1, 0.15) is 23.2 Å². The van der Waals surface area contributed by atoms with Gasteiger partial charge in [-0.15, -0.1) is 5.10 Å². The van der Waals surface area contributed by atoms with Gasteiger partial charge in [-0.25, -0.2) is 9.07 Å². The highest BCUT2D eigenvalue weighted by atomic mass is 19.1. The smallest absolute Gasteiger partial charge is 0.141 e. The number of likely N-dealkylation sites (tertiary alicyclic amines) is 1. The van der Waals surface area contributed by atoms with Gasteiger partial charge in [-0.05, 0) is 50.9 Å². The summed E-state index contributed by atoms with van der Waals surface area (Å²) >= 11 is 0. The molecule has 132 valence electrons. The molecule has 0 amide bonds. The maximum absolute atomic E-state index is 13.8. The van der Waals surface area contributed by atoms with Crippen LogP contribution in [0.15, 0.2) is 24.4 Å². The van der Waals surface area contributed by atoms with Crippen LogP contribution in [0.4, 0.5) is 4.39 Å².